The van der Waals surface area contributed by atoms with Crippen LogP contribution in [0.4, 0.5) is 0 Å². The number of phenolic OH excluding ortho intramolecular Hbond substituents is 1. The third kappa shape index (κ3) is 4.06. The van der Waals surface area contributed by atoms with Gasteiger partial charge in [-0.15, -0.1) is 0 Å². The Morgan fingerprint density at radius 2 is 1.50 bits per heavy atom. The van der Waals surface area contributed by atoms with Crippen LogP contribution < -0.4 is 5.32 Å². The predicted octanol–water partition coefficient (Wildman–Crippen LogP) is 3.70. The Kier molecular flexibility index (Phi) is 5.60. The van der Waals surface area contributed by atoms with Crippen molar-refractivity contribution in [3.05, 3.63) is 62.0 Å². The fraction of sp³-hybridized carbons (Fsp3) is 0.200. The summed E-state index contributed by atoms with van der Waals surface area (Å²) in [5.41, 5.74) is 3.12. The fourth-order valence-electron chi connectivity index (χ4n) is 1.91. The molecule has 2 aromatic carbocycles. The Labute approximate surface area is 134 Å². The monoisotopic (exact) mass is 399 g/mol. The minimum absolute atomic E-state index is 0.0612. The van der Waals surface area contributed by atoms with E-state index in [0.29, 0.717) is 15.5 Å². The molecule has 0 amide bonds. The highest BCUT2D eigenvalue weighted by Crippen LogP contribution is 2.33. The molecular weight excluding hydrogens is 386 g/mol. The highest BCUT2D eigenvalue weighted by molar-refractivity contribution is 9.11. The molecule has 3 nitrogen and oxygen atoms in total. The van der Waals surface area contributed by atoms with Gasteiger partial charge in [-0.3, -0.25) is 0 Å². The lowest BCUT2D eigenvalue weighted by Crippen LogP contribution is -2.12. The summed E-state index contributed by atoms with van der Waals surface area (Å²) in [7, 11) is 0. The van der Waals surface area contributed by atoms with Gasteiger partial charge in [0.1, 0.15) is 5.75 Å². The zero-order valence-electron chi connectivity index (χ0n) is 10.7. The summed E-state index contributed by atoms with van der Waals surface area (Å²) >= 11 is 6.63. The summed E-state index contributed by atoms with van der Waals surface area (Å²) < 4.78 is 1.34. The second-order valence-electron chi connectivity index (χ2n) is 4.49. The van der Waals surface area contributed by atoms with E-state index in [2.05, 4.69) is 37.2 Å². The van der Waals surface area contributed by atoms with Gasteiger partial charge in [0, 0.05) is 13.1 Å². The SMILES string of the molecule is OCc1cccc(CNCc2cc(Br)c(O)c(Br)c2)c1. The van der Waals surface area contributed by atoms with E-state index in [-0.39, 0.29) is 12.4 Å². The van der Waals surface area contributed by atoms with Crippen molar-refractivity contribution < 1.29 is 10.2 Å². The van der Waals surface area contributed by atoms with Crippen LogP contribution in [0.15, 0.2) is 45.3 Å². The average Bonchev–Trinajstić information content (AvgIpc) is 2.45. The van der Waals surface area contributed by atoms with Crippen LogP contribution in [0.2, 0.25) is 0 Å². The van der Waals surface area contributed by atoms with Crippen molar-refractivity contribution in [2.45, 2.75) is 19.7 Å². The molecule has 2 rings (SSSR count). The summed E-state index contributed by atoms with van der Waals surface area (Å²) in [4.78, 5) is 0. The van der Waals surface area contributed by atoms with Gasteiger partial charge in [-0.2, -0.15) is 0 Å². The number of phenols is 1. The fourth-order valence-corrected chi connectivity index (χ4v) is 3.19. The standard InChI is InChI=1S/C15H15Br2NO2/c16-13-5-12(6-14(17)15(13)20)8-18-7-10-2-1-3-11(4-10)9-19/h1-6,18-20H,7-9H2. The molecular formula is C15H15Br2NO2. The molecule has 0 aliphatic rings. The smallest absolute Gasteiger partial charge is 0.143 e. The van der Waals surface area contributed by atoms with E-state index in [1.54, 1.807) is 0 Å². The van der Waals surface area contributed by atoms with Crippen LogP contribution in [-0.2, 0) is 19.7 Å². The largest absolute Gasteiger partial charge is 0.506 e. The molecule has 3 N–H and O–H groups in total. The normalized spacial score (nSPS) is 10.8. The van der Waals surface area contributed by atoms with E-state index in [1.807, 2.05) is 36.4 Å². The minimum atomic E-state index is 0.0612. The maximum absolute atomic E-state index is 9.65. The van der Waals surface area contributed by atoms with Gasteiger partial charge in [0.15, 0.2) is 0 Å². The Bertz CT molecular complexity index is 579. The van der Waals surface area contributed by atoms with Gasteiger partial charge < -0.3 is 15.5 Å². The van der Waals surface area contributed by atoms with Crippen molar-refractivity contribution in [3.8, 4) is 5.75 Å². The van der Waals surface area contributed by atoms with Crippen molar-refractivity contribution in [2.75, 3.05) is 0 Å². The molecule has 0 aliphatic heterocycles. The Hall–Kier alpha value is -0.880. The quantitative estimate of drug-likeness (QED) is 0.717. The van der Waals surface area contributed by atoms with Crippen molar-refractivity contribution in [2.24, 2.45) is 0 Å². The second kappa shape index (κ2) is 7.22. The van der Waals surface area contributed by atoms with E-state index >= 15 is 0 Å². The van der Waals surface area contributed by atoms with Crippen LogP contribution in [0, 0.1) is 0 Å². The number of aromatic hydroxyl groups is 1. The average molecular weight is 401 g/mol. The van der Waals surface area contributed by atoms with Crippen LogP contribution in [0.1, 0.15) is 16.7 Å². The first-order valence-electron chi connectivity index (χ1n) is 6.16. The maximum Gasteiger partial charge on any atom is 0.143 e. The van der Waals surface area contributed by atoms with Gasteiger partial charge in [0.2, 0.25) is 0 Å². The first-order chi connectivity index (χ1) is 9.60. The number of halogens is 2. The first-order valence-corrected chi connectivity index (χ1v) is 7.75. The summed E-state index contributed by atoms with van der Waals surface area (Å²) in [5, 5.41) is 22.1. The van der Waals surface area contributed by atoms with Gasteiger partial charge in [-0.1, -0.05) is 24.3 Å². The van der Waals surface area contributed by atoms with Crippen LogP contribution >= 0.6 is 31.9 Å². The molecule has 2 aromatic rings. The topological polar surface area (TPSA) is 52.5 Å². The number of aliphatic hydroxyl groups is 1. The molecule has 106 valence electrons. The lowest BCUT2D eigenvalue weighted by Gasteiger charge is -2.08. The molecule has 0 radical (unpaired) electrons. The molecule has 0 heterocycles. The van der Waals surface area contributed by atoms with Gasteiger partial charge in [0.05, 0.1) is 15.6 Å². The molecule has 0 spiro atoms. The molecule has 0 saturated carbocycles. The van der Waals surface area contributed by atoms with E-state index in [4.69, 9.17) is 5.11 Å². The Morgan fingerprint density at radius 1 is 0.900 bits per heavy atom. The molecule has 0 aromatic heterocycles. The predicted molar refractivity (Wildman–Crippen MR) is 86.4 cm³/mol. The van der Waals surface area contributed by atoms with E-state index in [1.165, 1.54) is 0 Å². The molecule has 5 heteroatoms. The zero-order chi connectivity index (χ0) is 14.5. The third-order valence-electron chi connectivity index (χ3n) is 2.91. The second-order valence-corrected chi connectivity index (χ2v) is 6.20. The van der Waals surface area contributed by atoms with E-state index < -0.39 is 0 Å². The van der Waals surface area contributed by atoms with Crippen molar-refractivity contribution in [3.63, 3.8) is 0 Å². The Balaban J connectivity index is 1.95. The minimum Gasteiger partial charge on any atom is -0.506 e. The summed E-state index contributed by atoms with van der Waals surface area (Å²) in [6.45, 7) is 1.48. The molecule has 0 unspecified atom stereocenters. The molecule has 0 saturated heterocycles. The highest BCUT2D eigenvalue weighted by atomic mass is 79.9. The third-order valence-corrected chi connectivity index (χ3v) is 4.12. The molecule has 20 heavy (non-hydrogen) atoms. The summed E-state index contributed by atoms with van der Waals surface area (Å²) in [6, 6.07) is 11.6. The Morgan fingerprint density at radius 3 is 2.15 bits per heavy atom. The van der Waals surface area contributed by atoms with Gasteiger partial charge in [-0.05, 0) is 60.7 Å². The van der Waals surface area contributed by atoms with Crippen LogP contribution in [0.3, 0.4) is 0 Å². The van der Waals surface area contributed by atoms with Gasteiger partial charge in [-0.25, -0.2) is 0 Å². The van der Waals surface area contributed by atoms with Crippen LogP contribution in [-0.4, -0.2) is 10.2 Å². The maximum atomic E-state index is 9.65. The lowest BCUT2D eigenvalue weighted by atomic mass is 10.1. The highest BCUT2D eigenvalue weighted by Gasteiger charge is 2.05. The van der Waals surface area contributed by atoms with E-state index in [0.717, 1.165) is 23.2 Å². The number of hydrogen-bond acceptors (Lipinski definition) is 3. The molecule has 0 fully saturated rings. The number of aliphatic hydroxyl groups excluding tert-OH is 1. The lowest BCUT2D eigenvalue weighted by molar-refractivity contribution is 0.281. The molecule has 0 aliphatic carbocycles. The van der Waals surface area contributed by atoms with E-state index in [9.17, 15) is 5.11 Å². The molecule has 0 bridgehead atoms. The first kappa shape index (κ1) is 15.5. The number of nitrogens with one attached hydrogen (secondary N) is 1. The van der Waals surface area contributed by atoms with Crippen LogP contribution in [0.25, 0.3) is 0 Å². The van der Waals surface area contributed by atoms with Crippen molar-refractivity contribution in [1.29, 1.82) is 0 Å². The van der Waals surface area contributed by atoms with Gasteiger partial charge >= 0.3 is 0 Å². The zero-order valence-corrected chi connectivity index (χ0v) is 13.9. The number of hydrogen-bond donors (Lipinski definition) is 3. The summed E-state index contributed by atoms with van der Waals surface area (Å²) in [5.74, 6) is 0.212. The summed E-state index contributed by atoms with van der Waals surface area (Å²) in [6.07, 6.45) is 0. The van der Waals surface area contributed by atoms with Crippen molar-refractivity contribution in [1.82, 2.24) is 5.32 Å². The van der Waals surface area contributed by atoms with Gasteiger partial charge in [0.25, 0.3) is 0 Å². The number of benzene rings is 2. The molecule has 0 atom stereocenters. The van der Waals surface area contributed by atoms with Crippen molar-refractivity contribution >= 4 is 31.9 Å². The van der Waals surface area contributed by atoms with Crippen LogP contribution in [0.5, 0.6) is 5.75 Å². The number of rotatable bonds is 5.